The first-order chi connectivity index (χ1) is 34.0. The molecule has 0 spiro atoms. The molecule has 0 bridgehead atoms. The molecule has 0 aromatic carbocycles. The molecule has 0 radical (unpaired) electrons. The Balaban J connectivity index is 1.82. The number of carbonyl (C=O) groups is 2. The second kappa shape index (κ2) is 41.6. The fraction of sp³-hybridized carbons (Fsp3) is 0.782. The SMILES string of the molecule is CCCCC/C=C/C/C=C/C/C=C/C/C=C/CCCC(=O)OC[C@@H](CO[C@@H]1O[C@H](CO[C@@H]2O[C@H](CO)[C@H](O)C(O)C2O)[C@H](O)C(O)C1O)OC(=O)CCCCCCCCCCC/C=C/CCCCCC. The van der Waals surface area contributed by atoms with Gasteiger partial charge in [0.2, 0.25) is 0 Å². The molecule has 0 aromatic rings. The lowest BCUT2D eigenvalue weighted by atomic mass is 9.98. The first-order valence-electron chi connectivity index (χ1n) is 26.9. The Bertz CT molecular complexity index is 1450. The van der Waals surface area contributed by atoms with Crippen LogP contribution < -0.4 is 0 Å². The van der Waals surface area contributed by atoms with Gasteiger partial charge in [0.25, 0.3) is 0 Å². The molecule has 15 heteroatoms. The van der Waals surface area contributed by atoms with E-state index in [0.29, 0.717) is 19.3 Å². The quantitative estimate of drug-likeness (QED) is 0.0175. The predicted molar refractivity (Wildman–Crippen MR) is 270 cm³/mol. The highest BCUT2D eigenvalue weighted by Gasteiger charge is 2.47. The molecule has 70 heavy (non-hydrogen) atoms. The first kappa shape index (κ1) is 63.3. The zero-order chi connectivity index (χ0) is 51.0. The average molecular weight is 995 g/mol. The van der Waals surface area contributed by atoms with Crippen molar-refractivity contribution < 1.29 is 73.8 Å². The highest BCUT2D eigenvalue weighted by molar-refractivity contribution is 5.70. The normalized spacial score (nSPS) is 25.8. The summed E-state index contributed by atoms with van der Waals surface area (Å²) in [5, 5.41) is 72.1. The number of rotatable bonds is 41. The van der Waals surface area contributed by atoms with Crippen molar-refractivity contribution in [2.45, 2.75) is 248 Å². The molecule has 2 heterocycles. The Morgan fingerprint density at radius 1 is 0.457 bits per heavy atom. The Morgan fingerprint density at radius 3 is 1.43 bits per heavy atom. The van der Waals surface area contributed by atoms with Crippen molar-refractivity contribution >= 4 is 11.9 Å². The van der Waals surface area contributed by atoms with Gasteiger partial charge in [0.15, 0.2) is 18.7 Å². The lowest BCUT2D eigenvalue weighted by Crippen LogP contribution is -2.61. The van der Waals surface area contributed by atoms with Gasteiger partial charge in [0.1, 0.15) is 55.4 Å². The Kier molecular flexibility index (Phi) is 37.7. The minimum absolute atomic E-state index is 0.140. The fourth-order valence-electron chi connectivity index (χ4n) is 8.03. The number of esters is 2. The second-order valence-corrected chi connectivity index (χ2v) is 18.7. The van der Waals surface area contributed by atoms with Crippen molar-refractivity contribution in [3.63, 3.8) is 0 Å². The van der Waals surface area contributed by atoms with Crippen LogP contribution in [0.2, 0.25) is 0 Å². The summed E-state index contributed by atoms with van der Waals surface area (Å²) in [5.74, 6) is -0.994. The summed E-state index contributed by atoms with van der Waals surface area (Å²) in [7, 11) is 0. The summed E-state index contributed by atoms with van der Waals surface area (Å²) in [4.78, 5) is 25.8. The van der Waals surface area contributed by atoms with Gasteiger partial charge in [-0.1, -0.05) is 152 Å². The van der Waals surface area contributed by atoms with E-state index < -0.39 is 99.3 Å². The molecule has 404 valence electrons. The number of hydrogen-bond acceptors (Lipinski definition) is 15. The number of hydrogen-bond donors (Lipinski definition) is 7. The number of unbranched alkanes of at least 4 members (excludes halogenated alkanes) is 17. The summed E-state index contributed by atoms with van der Waals surface area (Å²) in [5.41, 5.74) is 0. The van der Waals surface area contributed by atoms with Gasteiger partial charge in [0, 0.05) is 12.8 Å². The molecular weight excluding hydrogens is 901 g/mol. The van der Waals surface area contributed by atoms with E-state index in [9.17, 15) is 45.3 Å². The van der Waals surface area contributed by atoms with Crippen LogP contribution in [0, 0.1) is 0 Å². The fourth-order valence-corrected chi connectivity index (χ4v) is 8.03. The van der Waals surface area contributed by atoms with Gasteiger partial charge in [-0.25, -0.2) is 0 Å². The highest BCUT2D eigenvalue weighted by Crippen LogP contribution is 2.26. The van der Waals surface area contributed by atoms with Crippen LogP contribution in [0.1, 0.15) is 181 Å². The highest BCUT2D eigenvalue weighted by atomic mass is 16.7. The van der Waals surface area contributed by atoms with Crippen molar-refractivity contribution in [2.24, 2.45) is 0 Å². The van der Waals surface area contributed by atoms with E-state index in [0.717, 1.165) is 57.8 Å². The summed E-state index contributed by atoms with van der Waals surface area (Å²) < 4.78 is 33.6. The molecule has 2 rings (SSSR count). The van der Waals surface area contributed by atoms with Gasteiger partial charge in [0.05, 0.1) is 19.8 Å². The molecule has 7 N–H and O–H groups in total. The van der Waals surface area contributed by atoms with Gasteiger partial charge in [-0.3, -0.25) is 9.59 Å². The molecular formula is C55H94O15. The molecule has 2 aliphatic heterocycles. The number of aliphatic hydroxyl groups is 7. The summed E-state index contributed by atoms with van der Waals surface area (Å²) >= 11 is 0. The molecule has 2 fully saturated rings. The maximum Gasteiger partial charge on any atom is 0.306 e. The number of carbonyl (C=O) groups excluding carboxylic acids is 2. The topological polar surface area (TPSA) is 231 Å². The Morgan fingerprint density at radius 2 is 0.871 bits per heavy atom. The molecule has 2 saturated heterocycles. The van der Waals surface area contributed by atoms with E-state index in [1.165, 1.54) is 77.0 Å². The molecule has 11 atom stereocenters. The summed E-state index contributed by atoms with van der Waals surface area (Å²) in [6, 6.07) is 0. The summed E-state index contributed by atoms with van der Waals surface area (Å²) in [6.45, 7) is 2.49. The molecule has 4 unspecified atom stereocenters. The minimum Gasteiger partial charge on any atom is -0.462 e. The molecule has 15 nitrogen and oxygen atoms in total. The lowest BCUT2D eigenvalue weighted by molar-refractivity contribution is -0.332. The van der Waals surface area contributed by atoms with Crippen LogP contribution in [0.3, 0.4) is 0 Å². The molecule has 2 aliphatic rings. The van der Waals surface area contributed by atoms with E-state index in [2.05, 4.69) is 68.5 Å². The van der Waals surface area contributed by atoms with Crippen molar-refractivity contribution in [3.05, 3.63) is 60.8 Å². The Hall–Kier alpha value is -2.80. The van der Waals surface area contributed by atoms with Gasteiger partial charge in [-0.15, -0.1) is 0 Å². The lowest BCUT2D eigenvalue weighted by Gasteiger charge is -2.42. The van der Waals surface area contributed by atoms with Crippen molar-refractivity contribution in [1.29, 1.82) is 0 Å². The smallest absolute Gasteiger partial charge is 0.306 e. The van der Waals surface area contributed by atoms with Crippen molar-refractivity contribution in [1.82, 2.24) is 0 Å². The van der Waals surface area contributed by atoms with Crippen LogP contribution in [0.4, 0.5) is 0 Å². The van der Waals surface area contributed by atoms with Gasteiger partial charge in [-0.05, 0) is 77.0 Å². The molecule has 0 aromatic heterocycles. The van der Waals surface area contributed by atoms with Crippen LogP contribution in [0.15, 0.2) is 60.8 Å². The number of aliphatic hydroxyl groups excluding tert-OH is 7. The standard InChI is InChI=1S/C55H94O15/c1-3-5-7-9-11-13-15-17-19-21-23-25-27-29-31-33-35-37-46(57)65-40-43(68-47(58)38-36-34-32-30-28-26-24-22-20-18-16-14-12-10-8-6-4-2)41-66-54-53(64)51(62)49(60)45(70-54)42-67-55-52(63)50(61)48(59)44(39-56)69-55/h11,13-14,16-17,19,23,25,29,31,43-45,48-56,59-64H,3-10,12,15,18,20-22,24,26-28,30,32-42H2,1-2H3/b13-11+,16-14+,19-17+,25-23+,31-29+/t43-,44+,45+,48-,49-,50?,51?,52?,53?,54+,55+/m0/s1. The number of ether oxygens (including phenoxy) is 6. The third-order valence-electron chi connectivity index (χ3n) is 12.5. The van der Waals surface area contributed by atoms with Crippen LogP contribution in [-0.4, -0.2) is 142 Å². The zero-order valence-corrected chi connectivity index (χ0v) is 42.7. The monoisotopic (exact) mass is 995 g/mol. The average Bonchev–Trinajstić information content (AvgIpc) is 3.35. The summed E-state index contributed by atoms with van der Waals surface area (Å²) in [6.07, 6.45) is 31.0. The van der Waals surface area contributed by atoms with Crippen molar-refractivity contribution in [2.75, 3.05) is 26.4 Å². The zero-order valence-electron chi connectivity index (χ0n) is 42.7. The third-order valence-corrected chi connectivity index (χ3v) is 12.5. The largest absolute Gasteiger partial charge is 0.462 e. The molecule has 0 saturated carbocycles. The van der Waals surface area contributed by atoms with Gasteiger partial charge >= 0.3 is 11.9 Å². The molecule has 0 aliphatic carbocycles. The van der Waals surface area contributed by atoms with E-state index in [1.54, 1.807) is 0 Å². The van der Waals surface area contributed by atoms with Gasteiger partial charge < -0.3 is 64.2 Å². The van der Waals surface area contributed by atoms with Gasteiger partial charge in [-0.2, -0.15) is 0 Å². The van der Waals surface area contributed by atoms with Crippen LogP contribution >= 0.6 is 0 Å². The predicted octanol–water partition coefficient (Wildman–Crippen LogP) is 8.05. The first-order valence-corrected chi connectivity index (χ1v) is 26.9. The third kappa shape index (κ3) is 29.0. The van der Waals surface area contributed by atoms with E-state index >= 15 is 0 Å². The van der Waals surface area contributed by atoms with Crippen LogP contribution in [0.5, 0.6) is 0 Å². The Labute approximate surface area is 420 Å². The van der Waals surface area contributed by atoms with E-state index in [-0.39, 0.29) is 19.4 Å². The van der Waals surface area contributed by atoms with E-state index in [1.807, 2.05) is 6.08 Å². The maximum atomic E-state index is 13.0. The van der Waals surface area contributed by atoms with Crippen LogP contribution in [0.25, 0.3) is 0 Å². The molecule has 0 amide bonds. The second-order valence-electron chi connectivity index (χ2n) is 18.7. The van der Waals surface area contributed by atoms with Crippen molar-refractivity contribution in [3.8, 4) is 0 Å². The number of allylic oxidation sites excluding steroid dienone is 10. The van der Waals surface area contributed by atoms with Crippen LogP contribution in [-0.2, 0) is 38.0 Å². The minimum atomic E-state index is -1.78. The maximum absolute atomic E-state index is 13.0. The van der Waals surface area contributed by atoms with E-state index in [4.69, 9.17) is 28.4 Å².